The van der Waals surface area contributed by atoms with Gasteiger partial charge in [-0.05, 0) is 75.6 Å². The Labute approximate surface area is 190 Å². The molecule has 0 atom stereocenters. The van der Waals surface area contributed by atoms with Crippen LogP contribution in [-0.2, 0) is 22.1 Å². The third-order valence-corrected chi connectivity index (χ3v) is 5.48. The quantitative estimate of drug-likeness (QED) is 0.576. The number of Topliss-reactive ketones (excluding diaryl/α,β-unsaturated/α-hetero) is 1. The molecule has 2 aromatic carbocycles. The van der Waals surface area contributed by atoms with Crippen LogP contribution in [0.25, 0.3) is 5.57 Å². The summed E-state index contributed by atoms with van der Waals surface area (Å²) in [6.07, 6.45) is -4.04. The number of aliphatic hydroxyl groups excluding tert-OH is 1. The van der Waals surface area contributed by atoms with Gasteiger partial charge in [0.25, 0.3) is 0 Å². The summed E-state index contributed by atoms with van der Waals surface area (Å²) in [6.45, 7) is 8.45. The molecule has 1 aliphatic rings. The Hall–Kier alpha value is -3.31. The van der Waals surface area contributed by atoms with E-state index in [1.165, 1.54) is 0 Å². The Morgan fingerprint density at radius 2 is 1.76 bits per heavy atom. The highest BCUT2D eigenvalue weighted by molar-refractivity contribution is 6.26. The number of hydrogen-bond donors (Lipinski definition) is 1. The highest BCUT2D eigenvalue weighted by Crippen LogP contribution is 2.42. The number of ether oxygens (including phenoxy) is 2. The molecule has 174 valence electrons. The molecule has 2 aromatic rings. The van der Waals surface area contributed by atoms with Crippen molar-refractivity contribution in [1.82, 2.24) is 0 Å². The maximum atomic E-state index is 13.2. The molecule has 1 N–H and O–H groups in total. The third-order valence-electron chi connectivity index (χ3n) is 5.48. The fraction of sp³-hybridized carbons (Fsp3) is 0.360. The Bertz CT molecular complexity index is 1190. The lowest BCUT2D eigenvalue weighted by atomic mass is 9.81. The lowest BCUT2D eigenvalue weighted by Crippen LogP contribution is -2.49. The van der Waals surface area contributed by atoms with Crippen molar-refractivity contribution in [3.05, 3.63) is 64.4 Å². The van der Waals surface area contributed by atoms with E-state index in [0.717, 1.165) is 23.8 Å². The fourth-order valence-corrected chi connectivity index (χ4v) is 3.86. The summed E-state index contributed by atoms with van der Waals surface area (Å²) in [5, 5.41) is 20.2. The number of nitrogens with zero attached hydrogens (tertiary/aromatic N) is 1. The number of rotatable bonds is 4. The van der Waals surface area contributed by atoms with E-state index in [2.05, 4.69) is 0 Å². The number of aryl methyl sites for hydroxylation is 1. The topological polar surface area (TPSA) is 79.6 Å². The zero-order chi connectivity index (χ0) is 24.8. The summed E-state index contributed by atoms with van der Waals surface area (Å²) in [5.74, 6) is -0.476. The molecule has 8 heteroatoms. The van der Waals surface area contributed by atoms with Gasteiger partial charge < -0.3 is 14.6 Å². The Balaban J connectivity index is 2.12. The molecule has 1 aliphatic heterocycles. The lowest BCUT2D eigenvalue weighted by molar-refractivity contribution is -0.158. The van der Waals surface area contributed by atoms with Gasteiger partial charge in [-0.2, -0.15) is 18.4 Å². The maximum absolute atomic E-state index is 13.2. The van der Waals surface area contributed by atoms with Gasteiger partial charge in [-0.1, -0.05) is 13.0 Å². The van der Waals surface area contributed by atoms with Gasteiger partial charge in [0.1, 0.15) is 34.5 Å². The van der Waals surface area contributed by atoms with Crippen LogP contribution in [0.5, 0.6) is 11.5 Å². The molecule has 0 fully saturated rings. The van der Waals surface area contributed by atoms with E-state index in [9.17, 15) is 28.3 Å². The monoisotopic (exact) mass is 459 g/mol. The van der Waals surface area contributed by atoms with E-state index in [1.54, 1.807) is 52.0 Å². The van der Waals surface area contributed by atoms with Gasteiger partial charge in [-0.3, -0.25) is 4.79 Å². The Morgan fingerprint density at radius 1 is 1.09 bits per heavy atom. The number of aliphatic hydroxyl groups is 1. The van der Waals surface area contributed by atoms with Crippen LogP contribution in [0.2, 0.25) is 0 Å². The summed E-state index contributed by atoms with van der Waals surface area (Å²) in [6, 6.07) is 9.20. The molecule has 1 heterocycles. The molecule has 0 spiro atoms. The summed E-state index contributed by atoms with van der Waals surface area (Å²) < 4.78 is 50.5. The number of ketones is 1. The van der Waals surface area contributed by atoms with Crippen LogP contribution in [0.1, 0.15) is 56.9 Å². The zero-order valence-electron chi connectivity index (χ0n) is 18.9. The first-order valence-corrected chi connectivity index (χ1v) is 10.3. The minimum absolute atomic E-state index is 0.0575. The van der Waals surface area contributed by atoms with Crippen molar-refractivity contribution in [2.24, 2.45) is 0 Å². The number of halogens is 3. The lowest BCUT2D eigenvalue weighted by Gasteiger charge is -2.40. The minimum atomic E-state index is -4.59. The highest BCUT2D eigenvalue weighted by Gasteiger charge is 2.47. The van der Waals surface area contributed by atoms with E-state index < -0.39 is 28.7 Å². The van der Waals surface area contributed by atoms with Crippen molar-refractivity contribution >= 4 is 11.4 Å². The molecular formula is C25H24F3NO4. The predicted molar refractivity (Wildman–Crippen MR) is 116 cm³/mol. The average Bonchev–Trinajstić information content (AvgIpc) is 2.72. The molecule has 33 heavy (non-hydrogen) atoms. The van der Waals surface area contributed by atoms with Crippen LogP contribution < -0.4 is 4.74 Å². The van der Waals surface area contributed by atoms with Gasteiger partial charge in [0.15, 0.2) is 5.78 Å². The van der Waals surface area contributed by atoms with Crippen molar-refractivity contribution in [2.75, 3.05) is 0 Å². The van der Waals surface area contributed by atoms with Crippen LogP contribution in [-0.4, -0.2) is 22.1 Å². The second kappa shape index (κ2) is 8.23. The van der Waals surface area contributed by atoms with Gasteiger partial charge in [0.05, 0.1) is 16.7 Å². The minimum Gasteiger partial charge on any atom is -0.508 e. The number of carbonyl (C=O) groups excluding carboxylic acids is 1. The number of carbonyl (C=O) groups is 1. The molecule has 3 rings (SSSR count). The Kier molecular flexibility index (Phi) is 6.07. The molecule has 0 amide bonds. The third kappa shape index (κ3) is 4.60. The first kappa shape index (κ1) is 24.3. The molecule has 0 saturated heterocycles. The smallest absolute Gasteiger partial charge is 0.416 e. The normalized spacial score (nSPS) is 17.6. The van der Waals surface area contributed by atoms with Crippen LogP contribution >= 0.6 is 0 Å². The zero-order valence-corrected chi connectivity index (χ0v) is 18.9. The molecule has 0 aromatic heterocycles. The Morgan fingerprint density at radius 3 is 2.33 bits per heavy atom. The molecule has 0 aliphatic carbocycles. The van der Waals surface area contributed by atoms with Crippen molar-refractivity contribution in [2.45, 2.75) is 58.4 Å². The summed E-state index contributed by atoms with van der Waals surface area (Å²) in [7, 11) is 0. The predicted octanol–water partition coefficient (Wildman–Crippen LogP) is 6.36. The first-order chi connectivity index (χ1) is 15.2. The van der Waals surface area contributed by atoms with Crippen molar-refractivity contribution in [3.63, 3.8) is 0 Å². The van der Waals surface area contributed by atoms with Crippen LogP contribution in [0, 0.1) is 11.3 Å². The van der Waals surface area contributed by atoms with Crippen LogP contribution in [0.4, 0.5) is 13.2 Å². The molecule has 0 bridgehead atoms. The highest BCUT2D eigenvalue weighted by atomic mass is 19.4. The maximum Gasteiger partial charge on any atom is 0.416 e. The molecule has 0 saturated carbocycles. The number of hydrogen-bond acceptors (Lipinski definition) is 5. The fourth-order valence-electron chi connectivity index (χ4n) is 3.86. The SMILES string of the molecule is CCc1ccc(Oc2ccc(C(F)(F)F)cc2C#N)cc1C1=C(O)C(C)(C)OC(C)(C)C1=O. The number of alkyl halides is 3. The van der Waals surface area contributed by atoms with Crippen molar-refractivity contribution in [1.29, 1.82) is 5.26 Å². The van der Waals surface area contributed by atoms with Gasteiger partial charge in [0.2, 0.25) is 0 Å². The second-order valence-electron chi connectivity index (χ2n) is 8.77. The molecule has 0 radical (unpaired) electrons. The van der Waals surface area contributed by atoms with E-state index >= 15 is 0 Å². The standard InChI is InChI=1S/C25H24F3NO4/c1-6-14-7-9-17(32-19-10-8-16(25(26,27)28)11-15(19)13-29)12-18(14)20-21(30)23(2,3)33-24(4,5)22(20)31/h7-12,30H,6H2,1-5H3. The van der Waals surface area contributed by atoms with Gasteiger partial charge >= 0.3 is 6.18 Å². The van der Waals surface area contributed by atoms with E-state index in [1.807, 2.05) is 6.92 Å². The van der Waals surface area contributed by atoms with Crippen molar-refractivity contribution in [3.8, 4) is 17.6 Å². The van der Waals surface area contributed by atoms with Gasteiger partial charge in [-0.15, -0.1) is 0 Å². The van der Waals surface area contributed by atoms with Crippen LogP contribution in [0.3, 0.4) is 0 Å². The molecular weight excluding hydrogens is 435 g/mol. The first-order valence-electron chi connectivity index (χ1n) is 10.3. The van der Waals surface area contributed by atoms with Crippen molar-refractivity contribution < 1.29 is 32.5 Å². The van der Waals surface area contributed by atoms with E-state index in [4.69, 9.17) is 9.47 Å². The number of nitriles is 1. The van der Waals surface area contributed by atoms with Gasteiger partial charge in [-0.25, -0.2) is 0 Å². The summed E-state index contributed by atoms with van der Waals surface area (Å²) >= 11 is 0. The summed E-state index contributed by atoms with van der Waals surface area (Å²) in [5.41, 5.74) is -2.24. The molecule has 0 unspecified atom stereocenters. The summed E-state index contributed by atoms with van der Waals surface area (Å²) in [4.78, 5) is 13.2. The number of benzene rings is 2. The van der Waals surface area contributed by atoms with Crippen LogP contribution in [0.15, 0.2) is 42.2 Å². The van der Waals surface area contributed by atoms with Gasteiger partial charge in [0, 0.05) is 0 Å². The van der Waals surface area contributed by atoms with E-state index in [-0.39, 0.29) is 28.4 Å². The molecule has 5 nitrogen and oxygen atoms in total. The average molecular weight is 459 g/mol. The second-order valence-corrected chi connectivity index (χ2v) is 8.77. The van der Waals surface area contributed by atoms with E-state index in [0.29, 0.717) is 12.0 Å². The largest absolute Gasteiger partial charge is 0.508 e.